The molecule has 4 aliphatic rings. The van der Waals surface area contributed by atoms with Gasteiger partial charge in [0.1, 0.15) is 18.3 Å². The van der Waals surface area contributed by atoms with Crippen molar-refractivity contribution in [2.75, 3.05) is 38.1 Å². The topological polar surface area (TPSA) is 84.5 Å². The van der Waals surface area contributed by atoms with Gasteiger partial charge in [0, 0.05) is 57.1 Å². The average molecular weight is 651 g/mol. The van der Waals surface area contributed by atoms with E-state index < -0.39 is 29.9 Å². The van der Waals surface area contributed by atoms with Gasteiger partial charge in [-0.1, -0.05) is 19.1 Å². The van der Waals surface area contributed by atoms with Crippen LogP contribution in [0.25, 0.3) is 0 Å². The monoisotopic (exact) mass is 650 g/mol. The van der Waals surface area contributed by atoms with Crippen molar-refractivity contribution in [1.29, 1.82) is 5.26 Å². The maximum atomic E-state index is 15.3. The molecule has 1 aliphatic carbocycles. The Morgan fingerprint density at radius 1 is 1.15 bits per heavy atom. The third-order valence-corrected chi connectivity index (χ3v) is 10.7. The fourth-order valence-corrected chi connectivity index (χ4v) is 8.41. The van der Waals surface area contributed by atoms with Crippen LogP contribution in [0.4, 0.5) is 23.2 Å². The molecule has 3 fully saturated rings. The van der Waals surface area contributed by atoms with Crippen LogP contribution in [0.1, 0.15) is 64.6 Å². The van der Waals surface area contributed by atoms with Crippen molar-refractivity contribution in [2.24, 2.45) is 13.0 Å². The molecule has 248 valence electrons. The number of rotatable bonds is 7. The highest BCUT2D eigenvalue weighted by atomic mass is 19.4. The Labute approximate surface area is 271 Å². The van der Waals surface area contributed by atoms with Crippen molar-refractivity contribution in [1.82, 2.24) is 29.5 Å². The Bertz CT molecular complexity index is 1730. The van der Waals surface area contributed by atoms with Gasteiger partial charge in [-0.3, -0.25) is 14.6 Å². The number of nitriles is 1. The van der Waals surface area contributed by atoms with E-state index in [1.165, 1.54) is 4.90 Å². The lowest BCUT2D eigenvalue weighted by Crippen LogP contribution is -2.43. The summed E-state index contributed by atoms with van der Waals surface area (Å²) in [6.45, 7) is 3.88. The average Bonchev–Trinajstić information content (AvgIpc) is 3.81. The van der Waals surface area contributed by atoms with Gasteiger partial charge in [0.15, 0.2) is 6.19 Å². The van der Waals surface area contributed by atoms with Gasteiger partial charge < -0.3 is 14.4 Å². The van der Waals surface area contributed by atoms with E-state index in [1.54, 1.807) is 35.3 Å². The second-order valence-corrected chi connectivity index (χ2v) is 13.9. The highest BCUT2D eigenvalue weighted by Gasteiger charge is 2.49. The van der Waals surface area contributed by atoms with Crippen LogP contribution in [0, 0.1) is 17.4 Å². The number of likely N-dealkylation sites (tertiary alicyclic amines) is 2. The number of nitrogens with zero attached hydrogens (tertiary/aromatic N) is 8. The van der Waals surface area contributed by atoms with Crippen LogP contribution < -0.4 is 4.90 Å². The van der Waals surface area contributed by atoms with Crippen molar-refractivity contribution < 1.29 is 22.4 Å². The number of carbonyl (C=O) groups excluding carboxylic acids is 1. The largest absolute Gasteiger partial charge is 0.416 e. The quantitative estimate of drug-likeness (QED) is 0.270. The SMILES string of the molecule is CC1CC(c2cccc(N3Cc4c(cc(CN(C)C5CN([C@H]6CCN(C#N)C6)C[C@H]5F)cc4C(F)(F)F)C3=O)c2)(c2nncn2C)C1. The molecule has 2 aromatic carbocycles. The smallest absolute Gasteiger partial charge is 0.320 e. The van der Waals surface area contributed by atoms with Crippen LogP contribution in [0.15, 0.2) is 42.7 Å². The molecular weight excluding hydrogens is 612 g/mol. The number of anilines is 1. The van der Waals surface area contributed by atoms with E-state index in [0.29, 0.717) is 36.8 Å². The highest BCUT2D eigenvalue weighted by molar-refractivity contribution is 6.10. The van der Waals surface area contributed by atoms with Gasteiger partial charge in [0.05, 0.1) is 23.6 Å². The molecule has 0 bridgehead atoms. The van der Waals surface area contributed by atoms with Gasteiger partial charge in [0.25, 0.3) is 5.91 Å². The Morgan fingerprint density at radius 2 is 1.94 bits per heavy atom. The predicted octanol–water partition coefficient (Wildman–Crippen LogP) is 4.72. The van der Waals surface area contributed by atoms with E-state index in [-0.39, 0.29) is 42.2 Å². The molecule has 3 atom stereocenters. The van der Waals surface area contributed by atoms with Crippen LogP contribution in [0.3, 0.4) is 0 Å². The van der Waals surface area contributed by atoms with Gasteiger partial charge in [-0.15, -0.1) is 10.2 Å². The fourth-order valence-electron chi connectivity index (χ4n) is 8.41. The van der Waals surface area contributed by atoms with Crippen molar-refractivity contribution in [3.63, 3.8) is 0 Å². The number of hydrogen-bond acceptors (Lipinski definition) is 7. The summed E-state index contributed by atoms with van der Waals surface area (Å²) in [6, 6.07) is 9.71. The Balaban J connectivity index is 1.14. The van der Waals surface area contributed by atoms with Crippen LogP contribution in [0.5, 0.6) is 0 Å². The molecule has 9 nitrogen and oxygen atoms in total. The molecule has 0 spiro atoms. The maximum absolute atomic E-state index is 15.3. The summed E-state index contributed by atoms with van der Waals surface area (Å²) in [4.78, 5) is 20.7. The number of hydrogen-bond donors (Lipinski definition) is 0. The summed E-state index contributed by atoms with van der Waals surface area (Å²) in [6.07, 6.45) is 0.435. The number of benzene rings is 2. The van der Waals surface area contributed by atoms with E-state index >= 15 is 4.39 Å². The van der Waals surface area contributed by atoms with Crippen LogP contribution in [-0.4, -0.2) is 86.9 Å². The number of aryl methyl sites for hydroxylation is 1. The molecule has 1 aromatic heterocycles. The lowest BCUT2D eigenvalue weighted by Gasteiger charge is -2.46. The van der Waals surface area contributed by atoms with Crippen molar-refractivity contribution >= 4 is 11.6 Å². The summed E-state index contributed by atoms with van der Waals surface area (Å²) in [5, 5.41) is 17.7. The Hall–Kier alpha value is -4.02. The summed E-state index contributed by atoms with van der Waals surface area (Å²) >= 11 is 0. The number of alkyl halides is 4. The fraction of sp³-hybridized carbons (Fsp3) is 0.529. The van der Waals surface area contributed by atoms with Gasteiger partial charge in [-0.25, -0.2) is 4.39 Å². The van der Waals surface area contributed by atoms with Crippen molar-refractivity contribution in [2.45, 2.75) is 69.1 Å². The molecule has 7 rings (SSSR count). The lowest BCUT2D eigenvalue weighted by molar-refractivity contribution is -0.138. The lowest BCUT2D eigenvalue weighted by atomic mass is 9.58. The summed E-state index contributed by atoms with van der Waals surface area (Å²) in [7, 11) is 3.61. The molecule has 2 saturated heterocycles. The number of amides is 1. The van der Waals surface area contributed by atoms with Crippen LogP contribution in [-0.2, 0) is 31.7 Å². The zero-order valence-corrected chi connectivity index (χ0v) is 26.7. The zero-order chi connectivity index (χ0) is 33.2. The summed E-state index contributed by atoms with van der Waals surface area (Å²) in [5.74, 6) is 0.807. The molecule has 47 heavy (non-hydrogen) atoms. The number of carbonyl (C=O) groups is 1. The molecule has 3 aromatic rings. The first-order valence-corrected chi connectivity index (χ1v) is 16.1. The Morgan fingerprint density at radius 3 is 2.60 bits per heavy atom. The molecule has 4 heterocycles. The first kappa shape index (κ1) is 31.6. The maximum Gasteiger partial charge on any atom is 0.416 e. The van der Waals surface area contributed by atoms with Crippen molar-refractivity contribution in [3.05, 3.63) is 76.4 Å². The van der Waals surface area contributed by atoms with E-state index in [1.807, 2.05) is 34.7 Å². The Kier molecular flexibility index (Phi) is 7.79. The first-order valence-electron chi connectivity index (χ1n) is 16.1. The number of aromatic nitrogens is 3. The summed E-state index contributed by atoms with van der Waals surface area (Å²) in [5.41, 5.74) is 0.567. The molecule has 13 heteroatoms. The molecule has 1 unspecified atom stereocenters. The second kappa shape index (κ2) is 11.6. The minimum absolute atomic E-state index is 0.0290. The predicted molar refractivity (Wildman–Crippen MR) is 166 cm³/mol. The van der Waals surface area contributed by atoms with Gasteiger partial charge >= 0.3 is 6.18 Å². The van der Waals surface area contributed by atoms with Crippen LogP contribution >= 0.6 is 0 Å². The van der Waals surface area contributed by atoms with E-state index in [2.05, 4.69) is 23.3 Å². The minimum Gasteiger partial charge on any atom is -0.320 e. The van der Waals surface area contributed by atoms with Gasteiger partial charge in [-0.05, 0) is 73.2 Å². The standard InChI is InChI=1S/C34H38F4N8O/c1-21-12-33(13-21,32-41-40-20-43(32)3)23-5-4-6-24(11-23)46-16-27-26(31(46)47)9-22(10-28(27)34(36,37)38)14-42(2)30-18-45(17-29(30)35)25-7-8-44(15-25)19-39/h4-6,9-11,20-21,25,29-30H,7-8,12-18H2,1-3H3/t21?,25-,29+,30?,33?/m0/s1. The van der Waals surface area contributed by atoms with Gasteiger partial charge in [-0.2, -0.15) is 18.4 Å². The van der Waals surface area contributed by atoms with Crippen LogP contribution in [0.2, 0.25) is 0 Å². The molecule has 1 saturated carbocycles. The zero-order valence-electron chi connectivity index (χ0n) is 26.7. The summed E-state index contributed by atoms with van der Waals surface area (Å²) < 4.78 is 60.7. The molecule has 0 radical (unpaired) electrons. The third-order valence-electron chi connectivity index (χ3n) is 10.7. The minimum atomic E-state index is -4.67. The van der Waals surface area contributed by atoms with E-state index in [0.717, 1.165) is 36.7 Å². The molecular formula is C34H38F4N8O. The number of fused-ring (bicyclic) bond motifs is 1. The number of halogens is 4. The van der Waals surface area contributed by atoms with E-state index in [4.69, 9.17) is 0 Å². The van der Waals surface area contributed by atoms with Crippen molar-refractivity contribution in [3.8, 4) is 6.19 Å². The first-order chi connectivity index (χ1) is 22.4. The third kappa shape index (κ3) is 5.45. The highest BCUT2D eigenvalue weighted by Crippen LogP contribution is 2.52. The number of likely N-dealkylation sites (N-methyl/N-ethyl adjacent to an activating group) is 1. The normalized spacial score (nSPS) is 27.9. The molecule has 1 amide bonds. The molecule has 0 N–H and O–H groups in total. The second-order valence-electron chi connectivity index (χ2n) is 13.9. The van der Waals surface area contributed by atoms with Gasteiger partial charge in [0.2, 0.25) is 0 Å². The van der Waals surface area contributed by atoms with E-state index in [9.17, 15) is 23.2 Å². The molecule has 3 aliphatic heterocycles.